The SMILES string of the molecule is Cc1cc(C2CCCCC2)cc(Cl)c1C(=O)O. The molecule has 0 aliphatic heterocycles. The van der Waals surface area contributed by atoms with Crippen molar-refractivity contribution in [2.24, 2.45) is 0 Å². The maximum atomic E-state index is 11.0. The second kappa shape index (κ2) is 5.09. The van der Waals surface area contributed by atoms with Gasteiger partial charge in [0.25, 0.3) is 0 Å². The summed E-state index contributed by atoms with van der Waals surface area (Å²) < 4.78 is 0. The molecule has 0 aromatic heterocycles. The summed E-state index contributed by atoms with van der Waals surface area (Å²) in [4.78, 5) is 11.0. The molecule has 1 aliphatic rings. The van der Waals surface area contributed by atoms with Crippen molar-refractivity contribution < 1.29 is 9.90 Å². The van der Waals surface area contributed by atoms with Gasteiger partial charge in [0.2, 0.25) is 0 Å². The number of hydrogen-bond acceptors (Lipinski definition) is 1. The summed E-state index contributed by atoms with van der Waals surface area (Å²) in [5.41, 5.74) is 2.22. The molecule has 0 spiro atoms. The van der Waals surface area contributed by atoms with E-state index in [9.17, 15) is 4.79 Å². The van der Waals surface area contributed by atoms with Crippen LogP contribution in [0.3, 0.4) is 0 Å². The summed E-state index contributed by atoms with van der Waals surface area (Å²) in [6.45, 7) is 1.82. The molecule has 1 fully saturated rings. The van der Waals surface area contributed by atoms with Gasteiger partial charge >= 0.3 is 5.97 Å². The van der Waals surface area contributed by atoms with Gasteiger partial charge in [-0.1, -0.05) is 36.9 Å². The lowest BCUT2D eigenvalue weighted by molar-refractivity contribution is 0.0696. The van der Waals surface area contributed by atoms with Crippen LogP contribution in [0, 0.1) is 6.92 Å². The van der Waals surface area contributed by atoms with Gasteiger partial charge in [-0.3, -0.25) is 0 Å². The molecule has 0 amide bonds. The monoisotopic (exact) mass is 252 g/mol. The zero-order chi connectivity index (χ0) is 12.4. The van der Waals surface area contributed by atoms with E-state index in [1.54, 1.807) is 0 Å². The third-order valence-electron chi connectivity index (χ3n) is 3.60. The molecule has 1 aromatic rings. The maximum absolute atomic E-state index is 11.0. The molecule has 1 N–H and O–H groups in total. The van der Waals surface area contributed by atoms with Crippen LogP contribution in [0.25, 0.3) is 0 Å². The lowest BCUT2D eigenvalue weighted by Crippen LogP contribution is -2.07. The highest BCUT2D eigenvalue weighted by Gasteiger charge is 2.19. The quantitative estimate of drug-likeness (QED) is 0.847. The fraction of sp³-hybridized carbons (Fsp3) is 0.500. The van der Waals surface area contributed by atoms with Crippen LogP contribution < -0.4 is 0 Å². The molecule has 1 saturated carbocycles. The van der Waals surface area contributed by atoms with Crippen LogP contribution in [0.5, 0.6) is 0 Å². The third kappa shape index (κ3) is 2.63. The van der Waals surface area contributed by atoms with Crippen LogP contribution in [0.2, 0.25) is 5.02 Å². The summed E-state index contributed by atoms with van der Waals surface area (Å²) in [6, 6.07) is 3.83. The largest absolute Gasteiger partial charge is 0.478 e. The molecule has 3 heteroatoms. The molecule has 17 heavy (non-hydrogen) atoms. The molecular formula is C14H17ClO2. The lowest BCUT2D eigenvalue weighted by atomic mass is 9.83. The van der Waals surface area contributed by atoms with E-state index >= 15 is 0 Å². The molecule has 0 atom stereocenters. The van der Waals surface area contributed by atoms with E-state index in [-0.39, 0.29) is 5.56 Å². The van der Waals surface area contributed by atoms with Crippen molar-refractivity contribution in [2.45, 2.75) is 44.9 Å². The van der Waals surface area contributed by atoms with E-state index in [0.717, 1.165) is 5.56 Å². The van der Waals surface area contributed by atoms with E-state index < -0.39 is 5.97 Å². The first kappa shape index (κ1) is 12.4. The minimum absolute atomic E-state index is 0.242. The Hall–Kier alpha value is -1.02. The van der Waals surface area contributed by atoms with Gasteiger partial charge in [-0.2, -0.15) is 0 Å². The molecule has 0 bridgehead atoms. The topological polar surface area (TPSA) is 37.3 Å². The summed E-state index contributed by atoms with van der Waals surface area (Å²) in [5, 5.41) is 9.44. The van der Waals surface area contributed by atoms with Gasteiger partial charge in [-0.25, -0.2) is 4.79 Å². The Balaban J connectivity index is 2.34. The van der Waals surface area contributed by atoms with E-state index in [1.807, 2.05) is 19.1 Å². The molecule has 1 aromatic carbocycles. The standard InChI is InChI=1S/C14H17ClO2/c1-9-7-11(10-5-3-2-4-6-10)8-12(15)13(9)14(16)17/h7-8,10H,2-6H2,1H3,(H,16,17). The number of aryl methyl sites for hydroxylation is 1. The van der Waals surface area contributed by atoms with Crippen molar-refractivity contribution in [3.63, 3.8) is 0 Å². The Morgan fingerprint density at radius 3 is 2.47 bits per heavy atom. The van der Waals surface area contributed by atoms with Gasteiger partial charge in [0.1, 0.15) is 0 Å². The molecule has 0 saturated heterocycles. The van der Waals surface area contributed by atoms with Crippen LogP contribution in [0.4, 0.5) is 0 Å². The van der Waals surface area contributed by atoms with Crippen molar-refractivity contribution >= 4 is 17.6 Å². The first-order valence-electron chi connectivity index (χ1n) is 6.13. The van der Waals surface area contributed by atoms with E-state index in [4.69, 9.17) is 16.7 Å². The van der Waals surface area contributed by atoms with Crippen LogP contribution in [0.1, 0.15) is 59.5 Å². The highest BCUT2D eigenvalue weighted by atomic mass is 35.5. The van der Waals surface area contributed by atoms with Crippen LogP contribution in [0.15, 0.2) is 12.1 Å². The number of aromatic carboxylic acids is 1. The number of carbonyl (C=O) groups is 1. The van der Waals surface area contributed by atoms with Crippen LogP contribution in [-0.4, -0.2) is 11.1 Å². The maximum Gasteiger partial charge on any atom is 0.337 e. The normalized spacial score (nSPS) is 17.1. The molecule has 2 rings (SSSR count). The number of hydrogen-bond donors (Lipinski definition) is 1. The minimum atomic E-state index is -0.942. The van der Waals surface area contributed by atoms with Crippen molar-refractivity contribution in [2.75, 3.05) is 0 Å². The highest BCUT2D eigenvalue weighted by molar-refractivity contribution is 6.33. The third-order valence-corrected chi connectivity index (χ3v) is 3.90. The Kier molecular flexibility index (Phi) is 3.72. The van der Waals surface area contributed by atoms with Crippen molar-refractivity contribution in [3.8, 4) is 0 Å². The van der Waals surface area contributed by atoms with Crippen molar-refractivity contribution in [1.82, 2.24) is 0 Å². The molecule has 0 heterocycles. The Morgan fingerprint density at radius 1 is 1.29 bits per heavy atom. The average molecular weight is 253 g/mol. The number of benzene rings is 1. The summed E-state index contributed by atoms with van der Waals surface area (Å²) in [6.07, 6.45) is 6.24. The van der Waals surface area contributed by atoms with Crippen molar-refractivity contribution in [3.05, 3.63) is 33.8 Å². The van der Waals surface area contributed by atoms with Gasteiger partial charge in [0, 0.05) is 0 Å². The highest BCUT2D eigenvalue weighted by Crippen LogP contribution is 2.35. The Labute approximate surface area is 107 Å². The Morgan fingerprint density at radius 2 is 1.94 bits per heavy atom. The second-order valence-corrected chi connectivity index (χ2v) is 5.24. The summed E-state index contributed by atoms with van der Waals surface area (Å²) in [7, 11) is 0. The fourth-order valence-electron chi connectivity index (χ4n) is 2.71. The first-order chi connectivity index (χ1) is 8.09. The molecule has 92 valence electrons. The van der Waals surface area contributed by atoms with Crippen LogP contribution >= 0.6 is 11.6 Å². The smallest absolute Gasteiger partial charge is 0.337 e. The van der Waals surface area contributed by atoms with Gasteiger partial charge < -0.3 is 5.11 Å². The number of halogens is 1. The Bertz CT molecular complexity index is 411. The van der Waals surface area contributed by atoms with Gasteiger partial charge in [0.05, 0.1) is 10.6 Å². The zero-order valence-electron chi connectivity index (χ0n) is 10.0. The molecular weight excluding hydrogens is 236 g/mol. The van der Waals surface area contributed by atoms with E-state index in [1.165, 1.54) is 37.7 Å². The summed E-state index contributed by atoms with van der Waals surface area (Å²) in [5.74, 6) is -0.384. The molecule has 1 aliphatic carbocycles. The van der Waals surface area contributed by atoms with Crippen LogP contribution in [-0.2, 0) is 0 Å². The zero-order valence-corrected chi connectivity index (χ0v) is 10.8. The van der Waals surface area contributed by atoms with Gasteiger partial charge in [-0.05, 0) is 42.9 Å². The van der Waals surface area contributed by atoms with Crippen molar-refractivity contribution in [1.29, 1.82) is 0 Å². The number of carboxylic acid groups (broad SMARTS) is 1. The predicted octanol–water partition coefficient (Wildman–Crippen LogP) is 4.39. The minimum Gasteiger partial charge on any atom is -0.478 e. The van der Waals surface area contributed by atoms with Gasteiger partial charge in [-0.15, -0.1) is 0 Å². The van der Waals surface area contributed by atoms with E-state index in [0.29, 0.717) is 10.9 Å². The first-order valence-corrected chi connectivity index (χ1v) is 6.50. The molecule has 2 nitrogen and oxygen atoms in total. The van der Waals surface area contributed by atoms with E-state index in [2.05, 4.69) is 0 Å². The molecule has 0 unspecified atom stereocenters. The molecule has 0 radical (unpaired) electrons. The fourth-order valence-corrected chi connectivity index (χ4v) is 3.07. The van der Waals surface area contributed by atoms with Gasteiger partial charge in [0.15, 0.2) is 0 Å². The number of carboxylic acids is 1. The second-order valence-electron chi connectivity index (χ2n) is 4.83. The lowest BCUT2D eigenvalue weighted by Gasteiger charge is -2.23. The predicted molar refractivity (Wildman–Crippen MR) is 69.0 cm³/mol. The number of rotatable bonds is 2. The summed E-state index contributed by atoms with van der Waals surface area (Å²) >= 11 is 6.07. The average Bonchev–Trinajstić information content (AvgIpc) is 2.28.